The Morgan fingerprint density at radius 2 is 1.96 bits per heavy atom. The summed E-state index contributed by atoms with van der Waals surface area (Å²) in [4.78, 5) is 2.61. The van der Waals surface area contributed by atoms with E-state index in [9.17, 15) is 0 Å². The lowest BCUT2D eigenvalue weighted by Gasteiger charge is -2.33. The van der Waals surface area contributed by atoms with Crippen molar-refractivity contribution in [2.45, 2.75) is 44.6 Å². The molecule has 2 unspecified atom stereocenters. The summed E-state index contributed by atoms with van der Waals surface area (Å²) in [6.45, 7) is 8.65. The number of rotatable bonds is 7. The van der Waals surface area contributed by atoms with Crippen LogP contribution in [0.5, 0.6) is 0 Å². The highest BCUT2D eigenvalue weighted by Gasteiger charge is 2.22. The fraction of sp³-hybridized carbons (Fsp3) is 0.700. The average molecular weight is 317 g/mol. The van der Waals surface area contributed by atoms with Gasteiger partial charge in [-0.2, -0.15) is 0 Å². The Bertz CT molecular complexity index is 436. The van der Waals surface area contributed by atoms with E-state index in [0.717, 1.165) is 19.8 Å². The lowest BCUT2D eigenvalue weighted by atomic mass is 9.97. The summed E-state index contributed by atoms with van der Waals surface area (Å²) in [6.07, 6.45) is 5.27. The van der Waals surface area contributed by atoms with Crippen molar-refractivity contribution >= 4 is 0 Å². The summed E-state index contributed by atoms with van der Waals surface area (Å²) in [6, 6.07) is 10.9. The molecular formula is C20H31NO2. The third kappa shape index (κ3) is 5.30. The van der Waals surface area contributed by atoms with Gasteiger partial charge >= 0.3 is 0 Å². The van der Waals surface area contributed by atoms with Crippen molar-refractivity contribution in [3.8, 4) is 0 Å². The molecular weight excluding hydrogens is 286 g/mol. The normalized spacial score (nSPS) is 24.8. The number of likely N-dealkylation sites (tertiary alicyclic amines) is 1. The maximum absolute atomic E-state index is 6.10. The number of benzene rings is 1. The van der Waals surface area contributed by atoms with Gasteiger partial charge in [0.1, 0.15) is 0 Å². The Hall–Kier alpha value is -0.900. The van der Waals surface area contributed by atoms with Crippen LogP contribution in [0.4, 0.5) is 0 Å². The number of hydrogen-bond donors (Lipinski definition) is 0. The molecule has 2 heterocycles. The van der Waals surface area contributed by atoms with Gasteiger partial charge in [0.05, 0.1) is 19.3 Å². The Morgan fingerprint density at radius 3 is 2.65 bits per heavy atom. The van der Waals surface area contributed by atoms with Crippen molar-refractivity contribution in [2.75, 3.05) is 39.5 Å². The minimum atomic E-state index is 0.471. The van der Waals surface area contributed by atoms with Crippen LogP contribution in [0, 0.1) is 5.92 Å². The van der Waals surface area contributed by atoms with Crippen LogP contribution in [-0.2, 0) is 9.47 Å². The van der Waals surface area contributed by atoms with Crippen LogP contribution in [0.15, 0.2) is 30.3 Å². The maximum Gasteiger partial charge on any atom is 0.0599 e. The van der Waals surface area contributed by atoms with Gasteiger partial charge < -0.3 is 14.4 Å². The number of ether oxygens (including phenoxy) is 2. The van der Waals surface area contributed by atoms with Gasteiger partial charge in [0.2, 0.25) is 0 Å². The van der Waals surface area contributed by atoms with Crippen LogP contribution in [0.25, 0.3) is 0 Å². The van der Waals surface area contributed by atoms with E-state index in [1.807, 2.05) is 0 Å². The van der Waals surface area contributed by atoms with E-state index in [1.165, 1.54) is 50.9 Å². The molecule has 0 saturated carbocycles. The standard InChI is InChI=1S/C20H31NO2/c1-17(19-5-3-2-4-6-19)7-11-21-12-8-20(9-13-21)23-16-18-10-14-22-15-18/h2-6,17-18,20H,7-16H2,1H3. The largest absolute Gasteiger partial charge is 0.381 e. The zero-order valence-electron chi connectivity index (χ0n) is 14.5. The first-order valence-electron chi connectivity index (χ1n) is 9.28. The molecule has 1 aromatic rings. The van der Waals surface area contributed by atoms with Crippen molar-refractivity contribution < 1.29 is 9.47 Å². The van der Waals surface area contributed by atoms with E-state index in [4.69, 9.17) is 9.47 Å². The van der Waals surface area contributed by atoms with E-state index >= 15 is 0 Å². The molecule has 2 atom stereocenters. The minimum Gasteiger partial charge on any atom is -0.381 e. The predicted molar refractivity (Wildman–Crippen MR) is 93.8 cm³/mol. The monoisotopic (exact) mass is 317 g/mol. The van der Waals surface area contributed by atoms with Crippen LogP contribution < -0.4 is 0 Å². The van der Waals surface area contributed by atoms with Crippen molar-refractivity contribution in [1.29, 1.82) is 0 Å². The third-order valence-corrected chi connectivity index (χ3v) is 5.37. The average Bonchev–Trinajstić information content (AvgIpc) is 3.13. The number of nitrogens with zero attached hydrogens (tertiary/aromatic N) is 1. The SMILES string of the molecule is CC(CCN1CCC(OCC2CCOC2)CC1)c1ccccc1. The first-order chi connectivity index (χ1) is 11.3. The van der Waals surface area contributed by atoms with Crippen molar-refractivity contribution in [1.82, 2.24) is 4.90 Å². The molecule has 23 heavy (non-hydrogen) atoms. The third-order valence-electron chi connectivity index (χ3n) is 5.37. The van der Waals surface area contributed by atoms with Crippen LogP contribution in [0.1, 0.15) is 44.1 Å². The number of hydrogen-bond acceptors (Lipinski definition) is 3. The predicted octanol–water partition coefficient (Wildman–Crippen LogP) is 3.70. The molecule has 3 nitrogen and oxygen atoms in total. The molecule has 2 aliphatic heterocycles. The van der Waals surface area contributed by atoms with Gasteiger partial charge in [-0.15, -0.1) is 0 Å². The van der Waals surface area contributed by atoms with Crippen LogP contribution >= 0.6 is 0 Å². The molecule has 0 N–H and O–H groups in total. The van der Waals surface area contributed by atoms with Gasteiger partial charge in [0.15, 0.2) is 0 Å². The Kier molecular flexibility index (Phi) is 6.49. The van der Waals surface area contributed by atoms with Crippen LogP contribution in [-0.4, -0.2) is 50.5 Å². The molecule has 0 bridgehead atoms. The van der Waals surface area contributed by atoms with Gasteiger partial charge in [0.25, 0.3) is 0 Å². The fourth-order valence-corrected chi connectivity index (χ4v) is 3.61. The summed E-state index contributed by atoms with van der Waals surface area (Å²) in [5, 5.41) is 0. The van der Waals surface area contributed by atoms with Crippen molar-refractivity contribution in [2.24, 2.45) is 5.92 Å². The molecule has 2 saturated heterocycles. The highest BCUT2D eigenvalue weighted by Crippen LogP contribution is 2.22. The number of piperidine rings is 1. The van der Waals surface area contributed by atoms with E-state index in [1.54, 1.807) is 0 Å². The second-order valence-electron chi connectivity index (χ2n) is 7.20. The molecule has 0 aromatic heterocycles. The second kappa shape index (κ2) is 8.81. The van der Waals surface area contributed by atoms with E-state index in [0.29, 0.717) is 17.9 Å². The molecule has 0 aliphatic carbocycles. The first-order valence-corrected chi connectivity index (χ1v) is 9.28. The maximum atomic E-state index is 6.10. The van der Waals surface area contributed by atoms with Gasteiger partial charge in [-0.05, 0) is 43.7 Å². The highest BCUT2D eigenvalue weighted by molar-refractivity contribution is 5.18. The minimum absolute atomic E-state index is 0.471. The summed E-state index contributed by atoms with van der Waals surface area (Å²) >= 11 is 0. The van der Waals surface area contributed by atoms with Gasteiger partial charge in [-0.1, -0.05) is 37.3 Å². The van der Waals surface area contributed by atoms with Crippen LogP contribution in [0.2, 0.25) is 0 Å². The topological polar surface area (TPSA) is 21.7 Å². The quantitative estimate of drug-likeness (QED) is 0.765. The zero-order chi connectivity index (χ0) is 15.9. The van der Waals surface area contributed by atoms with Gasteiger partial charge in [-0.25, -0.2) is 0 Å². The van der Waals surface area contributed by atoms with E-state index in [-0.39, 0.29) is 0 Å². The van der Waals surface area contributed by atoms with Crippen LogP contribution in [0.3, 0.4) is 0 Å². The molecule has 2 fully saturated rings. The molecule has 0 radical (unpaired) electrons. The van der Waals surface area contributed by atoms with Crippen molar-refractivity contribution in [3.05, 3.63) is 35.9 Å². The zero-order valence-corrected chi connectivity index (χ0v) is 14.5. The summed E-state index contributed by atoms with van der Waals surface area (Å²) in [5.74, 6) is 1.28. The van der Waals surface area contributed by atoms with Gasteiger partial charge in [0, 0.05) is 25.6 Å². The van der Waals surface area contributed by atoms with Gasteiger partial charge in [-0.3, -0.25) is 0 Å². The first kappa shape index (κ1) is 16.9. The molecule has 0 amide bonds. The van der Waals surface area contributed by atoms with E-state index < -0.39 is 0 Å². The Labute approximate surface area is 141 Å². The summed E-state index contributed by atoms with van der Waals surface area (Å²) in [7, 11) is 0. The molecule has 2 aliphatic rings. The van der Waals surface area contributed by atoms with Crippen molar-refractivity contribution in [3.63, 3.8) is 0 Å². The lowest BCUT2D eigenvalue weighted by Crippen LogP contribution is -2.38. The van der Waals surface area contributed by atoms with E-state index in [2.05, 4.69) is 42.2 Å². The Balaban J connectivity index is 1.31. The molecule has 3 heteroatoms. The molecule has 128 valence electrons. The Morgan fingerprint density at radius 1 is 1.17 bits per heavy atom. The second-order valence-corrected chi connectivity index (χ2v) is 7.20. The smallest absolute Gasteiger partial charge is 0.0599 e. The highest BCUT2D eigenvalue weighted by atomic mass is 16.5. The molecule has 1 aromatic carbocycles. The molecule has 0 spiro atoms. The molecule has 3 rings (SSSR count). The summed E-state index contributed by atoms with van der Waals surface area (Å²) in [5.41, 5.74) is 1.46. The lowest BCUT2D eigenvalue weighted by molar-refractivity contribution is -0.0106. The summed E-state index contributed by atoms with van der Waals surface area (Å²) < 4.78 is 11.5. The fourth-order valence-electron chi connectivity index (χ4n) is 3.61.